The summed E-state index contributed by atoms with van der Waals surface area (Å²) in [6.07, 6.45) is -1.78. The van der Waals surface area contributed by atoms with Crippen LogP contribution in [0.4, 0.5) is 25.8 Å². The first-order chi connectivity index (χ1) is 15.6. The largest absolute Gasteiger partial charge is 0.443 e. The molecular formula is C25H34N4O5. The smallest absolute Gasteiger partial charge is 0.418 e. The first-order valence-corrected chi connectivity index (χ1v) is 10.9. The van der Waals surface area contributed by atoms with Gasteiger partial charge in [0.15, 0.2) is 0 Å². The minimum Gasteiger partial charge on any atom is -0.443 e. The van der Waals surface area contributed by atoms with Crippen LogP contribution >= 0.6 is 0 Å². The summed E-state index contributed by atoms with van der Waals surface area (Å²) in [5.41, 5.74) is 12.1. The average Bonchev–Trinajstić information content (AvgIpc) is 2.69. The van der Waals surface area contributed by atoms with Crippen molar-refractivity contribution in [3.8, 4) is 0 Å². The van der Waals surface area contributed by atoms with Crippen molar-refractivity contribution in [2.24, 2.45) is 0 Å². The molecule has 0 aliphatic rings. The van der Waals surface area contributed by atoms with Crippen LogP contribution in [0.5, 0.6) is 0 Å². The molecule has 184 valence electrons. The Balaban J connectivity index is 2.44. The van der Waals surface area contributed by atoms with Gasteiger partial charge in [-0.1, -0.05) is 24.3 Å². The highest BCUT2D eigenvalue weighted by Gasteiger charge is 2.36. The number of benzene rings is 2. The Bertz CT molecular complexity index is 924. The topological polar surface area (TPSA) is 128 Å². The number of carbonyl (C=O) groups is 3. The second-order valence-electron chi connectivity index (χ2n) is 9.90. The molecule has 0 bridgehead atoms. The summed E-state index contributed by atoms with van der Waals surface area (Å²) >= 11 is 0. The molecule has 2 aromatic carbocycles. The highest BCUT2D eigenvalue weighted by molar-refractivity contribution is 5.98. The fraction of sp³-hybridized carbons (Fsp3) is 0.400. The number of nitrogens with two attached hydrogens (primary N) is 2. The Morgan fingerprint density at radius 3 is 1.21 bits per heavy atom. The van der Waals surface area contributed by atoms with Gasteiger partial charge in [0.1, 0.15) is 11.2 Å². The molecule has 4 amide bonds. The van der Waals surface area contributed by atoms with Crippen molar-refractivity contribution in [2.75, 3.05) is 11.5 Å². The van der Waals surface area contributed by atoms with Crippen LogP contribution in [0.2, 0.25) is 0 Å². The molecule has 9 nitrogen and oxygen atoms in total. The molecular weight excluding hydrogens is 436 g/mol. The third-order valence-electron chi connectivity index (χ3n) is 4.33. The molecule has 0 aliphatic carbocycles. The van der Waals surface area contributed by atoms with Crippen LogP contribution in [-0.2, 0) is 22.6 Å². The van der Waals surface area contributed by atoms with E-state index in [0.29, 0.717) is 22.5 Å². The van der Waals surface area contributed by atoms with E-state index in [4.69, 9.17) is 20.9 Å². The number of ether oxygens (including phenoxy) is 2. The number of urea groups is 1. The summed E-state index contributed by atoms with van der Waals surface area (Å²) in [5.74, 6) is 0. The maximum absolute atomic E-state index is 13.6. The number of nitrogen functional groups attached to an aromatic ring is 2. The van der Waals surface area contributed by atoms with E-state index in [2.05, 4.69) is 0 Å². The van der Waals surface area contributed by atoms with Crippen LogP contribution in [0, 0.1) is 0 Å². The maximum Gasteiger partial charge on any atom is 0.418 e. The van der Waals surface area contributed by atoms with Gasteiger partial charge < -0.3 is 20.9 Å². The molecule has 2 aromatic rings. The number of imide groups is 2. The first kappa shape index (κ1) is 26.5. The second-order valence-corrected chi connectivity index (χ2v) is 9.90. The predicted octanol–water partition coefficient (Wildman–Crippen LogP) is 5.15. The lowest BCUT2D eigenvalue weighted by atomic mass is 10.2. The lowest BCUT2D eigenvalue weighted by Crippen LogP contribution is -2.50. The van der Waals surface area contributed by atoms with Gasteiger partial charge in [-0.2, -0.15) is 0 Å². The number of hydrogen-bond acceptors (Lipinski definition) is 7. The Labute approximate surface area is 200 Å². The van der Waals surface area contributed by atoms with Crippen molar-refractivity contribution in [3.63, 3.8) is 0 Å². The Morgan fingerprint density at radius 2 is 0.941 bits per heavy atom. The molecule has 0 fully saturated rings. The van der Waals surface area contributed by atoms with Crippen LogP contribution in [-0.4, -0.2) is 39.2 Å². The minimum atomic E-state index is -0.889. The molecule has 34 heavy (non-hydrogen) atoms. The van der Waals surface area contributed by atoms with E-state index in [1.165, 1.54) is 0 Å². The SMILES string of the molecule is CC(C)(C)OC(=O)N(Cc1ccc(N)cc1)C(=O)N(Cc1ccc(N)cc1)C(=O)OC(C)(C)C. The summed E-state index contributed by atoms with van der Waals surface area (Å²) in [6.45, 7) is 9.89. The minimum absolute atomic E-state index is 0.130. The van der Waals surface area contributed by atoms with Crippen molar-refractivity contribution in [1.29, 1.82) is 0 Å². The third-order valence-corrected chi connectivity index (χ3v) is 4.33. The van der Waals surface area contributed by atoms with Crippen LogP contribution in [0.3, 0.4) is 0 Å². The third kappa shape index (κ3) is 8.31. The zero-order valence-electron chi connectivity index (χ0n) is 20.6. The number of amides is 4. The van der Waals surface area contributed by atoms with Crippen molar-refractivity contribution in [2.45, 2.75) is 65.8 Å². The molecule has 0 radical (unpaired) electrons. The Morgan fingerprint density at radius 1 is 0.647 bits per heavy atom. The van der Waals surface area contributed by atoms with Crippen molar-refractivity contribution in [1.82, 2.24) is 9.80 Å². The molecule has 0 heterocycles. The summed E-state index contributed by atoms with van der Waals surface area (Å²) in [6, 6.07) is 12.5. The Hall–Kier alpha value is -3.75. The van der Waals surface area contributed by atoms with E-state index in [-0.39, 0.29) is 13.1 Å². The van der Waals surface area contributed by atoms with Crippen LogP contribution in [0.15, 0.2) is 48.5 Å². The molecule has 0 aliphatic heterocycles. The molecule has 0 atom stereocenters. The number of anilines is 2. The molecule has 0 saturated heterocycles. The zero-order chi connectivity index (χ0) is 25.7. The second kappa shape index (κ2) is 10.5. The van der Waals surface area contributed by atoms with E-state index in [9.17, 15) is 14.4 Å². The molecule has 9 heteroatoms. The molecule has 4 N–H and O–H groups in total. The maximum atomic E-state index is 13.6. The zero-order valence-corrected chi connectivity index (χ0v) is 20.6. The number of nitrogens with zero attached hydrogens (tertiary/aromatic N) is 2. The highest BCUT2D eigenvalue weighted by atomic mass is 16.6. The standard InChI is InChI=1S/C25H34N4O5/c1-24(2,3)33-22(31)28(15-17-7-11-19(26)12-8-17)21(30)29(23(32)34-25(4,5)6)16-18-9-13-20(27)14-10-18/h7-14H,15-16,26-27H2,1-6H3. The van der Waals surface area contributed by atoms with Gasteiger partial charge in [0.25, 0.3) is 0 Å². The predicted molar refractivity (Wildman–Crippen MR) is 131 cm³/mol. The van der Waals surface area contributed by atoms with E-state index in [0.717, 1.165) is 9.80 Å². The average molecular weight is 471 g/mol. The van der Waals surface area contributed by atoms with Crippen molar-refractivity contribution >= 4 is 29.6 Å². The quantitative estimate of drug-likeness (QED) is 0.592. The summed E-state index contributed by atoms with van der Waals surface area (Å²) < 4.78 is 10.9. The van der Waals surface area contributed by atoms with Gasteiger partial charge in [-0.3, -0.25) is 0 Å². The van der Waals surface area contributed by atoms with E-state index in [1.807, 2.05) is 0 Å². The van der Waals surface area contributed by atoms with Crippen molar-refractivity contribution < 1.29 is 23.9 Å². The lowest BCUT2D eigenvalue weighted by Gasteiger charge is -2.31. The van der Waals surface area contributed by atoms with E-state index >= 15 is 0 Å². The molecule has 0 spiro atoms. The van der Waals surface area contributed by atoms with Crippen LogP contribution in [0.25, 0.3) is 0 Å². The summed E-state index contributed by atoms with van der Waals surface area (Å²) in [4.78, 5) is 41.5. The number of carbonyl (C=O) groups excluding carboxylic acids is 3. The van der Waals surface area contributed by atoms with Crippen LogP contribution in [0.1, 0.15) is 52.7 Å². The highest BCUT2D eigenvalue weighted by Crippen LogP contribution is 2.20. The molecule has 0 unspecified atom stereocenters. The van der Waals surface area contributed by atoms with Gasteiger partial charge in [-0.15, -0.1) is 0 Å². The van der Waals surface area contributed by atoms with E-state index in [1.54, 1.807) is 90.1 Å². The van der Waals surface area contributed by atoms with E-state index < -0.39 is 29.4 Å². The van der Waals surface area contributed by atoms with Crippen molar-refractivity contribution in [3.05, 3.63) is 59.7 Å². The van der Waals surface area contributed by atoms with Gasteiger partial charge in [0, 0.05) is 11.4 Å². The van der Waals surface area contributed by atoms with Gasteiger partial charge in [-0.25, -0.2) is 24.2 Å². The van der Waals surface area contributed by atoms with Gasteiger partial charge in [0.05, 0.1) is 13.1 Å². The van der Waals surface area contributed by atoms with Gasteiger partial charge >= 0.3 is 18.2 Å². The lowest BCUT2D eigenvalue weighted by molar-refractivity contribution is 0.0165. The molecule has 0 aromatic heterocycles. The fourth-order valence-electron chi connectivity index (χ4n) is 2.81. The number of rotatable bonds is 4. The molecule has 0 saturated carbocycles. The molecule has 2 rings (SSSR count). The Kier molecular flexibility index (Phi) is 8.15. The number of hydrogen-bond donors (Lipinski definition) is 2. The fourth-order valence-corrected chi connectivity index (χ4v) is 2.81. The van der Waals surface area contributed by atoms with Gasteiger partial charge in [0.2, 0.25) is 0 Å². The van der Waals surface area contributed by atoms with Crippen LogP contribution < -0.4 is 11.5 Å². The first-order valence-electron chi connectivity index (χ1n) is 10.9. The normalized spacial score (nSPS) is 11.5. The summed E-state index contributed by atoms with van der Waals surface area (Å²) in [7, 11) is 0. The van der Waals surface area contributed by atoms with Gasteiger partial charge in [-0.05, 0) is 76.9 Å². The summed E-state index contributed by atoms with van der Waals surface area (Å²) in [5, 5.41) is 0. The monoisotopic (exact) mass is 470 g/mol.